The molecule has 0 spiro atoms. The smallest absolute Gasteiger partial charge is 0.275 e. The first-order valence-corrected chi connectivity index (χ1v) is 7.66. The van der Waals surface area contributed by atoms with Crippen molar-refractivity contribution in [3.8, 4) is 0 Å². The number of hydrogen-bond acceptors (Lipinski definition) is 4. The van der Waals surface area contributed by atoms with E-state index >= 15 is 0 Å². The van der Waals surface area contributed by atoms with Crippen molar-refractivity contribution in [2.24, 2.45) is 0 Å². The number of nitro groups is 1. The molecule has 0 aliphatic heterocycles. The molecule has 25 heavy (non-hydrogen) atoms. The van der Waals surface area contributed by atoms with E-state index < -0.39 is 4.92 Å². The lowest BCUT2D eigenvalue weighted by molar-refractivity contribution is -0.384. The molecule has 0 fully saturated rings. The van der Waals surface area contributed by atoms with Crippen LogP contribution in [0.15, 0.2) is 42.5 Å². The second-order valence-electron chi connectivity index (χ2n) is 5.51. The molecule has 0 unspecified atom stereocenters. The number of nitrogens with zero attached hydrogens (tertiary/aromatic N) is 3. The molecule has 2 aromatic carbocycles. The SMILES string of the molecule is CCN(Cc1cccc(F)c1)C(=O)c1n[nH]c2ccc([N+](=O)[O-])cc12. The van der Waals surface area contributed by atoms with Gasteiger partial charge in [0, 0.05) is 30.6 Å². The monoisotopic (exact) mass is 342 g/mol. The van der Waals surface area contributed by atoms with E-state index in [0.717, 1.165) is 0 Å². The summed E-state index contributed by atoms with van der Waals surface area (Å²) in [5, 5.41) is 18.1. The molecule has 0 atom stereocenters. The Morgan fingerprint density at radius 3 is 2.80 bits per heavy atom. The third-order valence-corrected chi connectivity index (χ3v) is 3.89. The van der Waals surface area contributed by atoms with Crippen molar-refractivity contribution in [3.63, 3.8) is 0 Å². The zero-order valence-corrected chi connectivity index (χ0v) is 13.4. The minimum atomic E-state index is -0.523. The van der Waals surface area contributed by atoms with Gasteiger partial charge in [0.1, 0.15) is 5.82 Å². The second-order valence-corrected chi connectivity index (χ2v) is 5.51. The fraction of sp³-hybridized carbons (Fsp3) is 0.176. The Morgan fingerprint density at radius 2 is 2.12 bits per heavy atom. The summed E-state index contributed by atoms with van der Waals surface area (Å²) in [6, 6.07) is 10.2. The number of benzene rings is 2. The number of non-ortho nitro benzene ring substituents is 1. The number of H-pyrrole nitrogens is 1. The van der Waals surface area contributed by atoms with Gasteiger partial charge in [-0.1, -0.05) is 12.1 Å². The Labute approximate surface area is 142 Å². The zero-order chi connectivity index (χ0) is 18.0. The lowest BCUT2D eigenvalue weighted by Crippen LogP contribution is -2.30. The molecule has 0 saturated heterocycles. The Morgan fingerprint density at radius 1 is 1.32 bits per heavy atom. The molecule has 1 heterocycles. The summed E-state index contributed by atoms with van der Waals surface area (Å²) in [4.78, 5) is 24.7. The van der Waals surface area contributed by atoms with E-state index in [2.05, 4.69) is 10.2 Å². The van der Waals surface area contributed by atoms with Crippen LogP contribution in [0.25, 0.3) is 10.9 Å². The molecule has 128 valence electrons. The molecule has 0 aliphatic carbocycles. The number of aromatic nitrogens is 2. The number of nitro benzene ring substituents is 1. The van der Waals surface area contributed by atoms with Gasteiger partial charge in [-0.2, -0.15) is 5.10 Å². The number of hydrogen-bond donors (Lipinski definition) is 1. The van der Waals surface area contributed by atoms with Crippen LogP contribution < -0.4 is 0 Å². The minimum absolute atomic E-state index is 0.108. The minimum Gasteiger partial charge on any atom is -0.333 e. The van der Waals surface area contributed by atoms with Gasteiger partial charge in [0.2, 0.25) is 0 Å². The van der Waals surface area contributed by atoms with Gasteiger partial charge in [0.05, 0.1) is 10.4 Å². The lowest BCUT2D eigenvalue weighted by atomic mass is 10.1. The highest BCUT2D eigenvalue weighted by Gasteiger charge is 2.22. The van der Waals surface area contributed by atoms with E-state index in [4.69, 9.17) is 0 Å². The summed E-state index contributed by atoms with van der Waals surface area (Å²) < 4.78 is 13.3. The molecule has 0 saturated carbocycles. The molecule has 0 bridgehead atoms. The molecule has 0 radical (unpaired) electrons. The van der Waals surface area contributed by atoms with Crippen LogP contribution in [-0.2, 0) is 6.54 Å². The van der Waals surface area contributed by atoms with Crippen LogP contribution in [0, 0.1) is 15.9 Å². The predicted octanol–water partition coefficient (Wildman–Crippen LogP) is 3.27. The highest BCUT2D eigenvalue weighted by Crippen LogP contribution is 2.23. The number of amides is 1. The van der Waals surface area contributed by atoms with Gasteiger partial charge in [0.25, 0.3) is 11.6 Å². The normalized spacial score (nSPS) is 10.8. The third kappa shape index (κ3) is 3.32. The summed E-state index contributed by atoms with van der Waals surface area (Å²) in [5.74, 6) is -0.750. The quantitative estimate of drug-likeness (QED) is 0.569. The first kappa shape index (κ1) is 16.6. The van der Waals surface area contributed by atoms with Crippen LogP contribution in [0.2, 0.25) is 0 Å². The van der Waals surface area contributed by atoms with Crippen molar-refractivity contribution in [1.29, 1.82) is 0 Å². The topological polar surface area (TPSA) is 92.1 Å². The van der Waals surface area contributed by atoms with Crippen molar-refractivity contribution in [2.75, 3.05) is 6.54 Å². The maximum Gasteiger partial charge on any atom is 0.275 e. The van der Waals surface area contributed by atoms with Gasteiger partial charge >= 0.3 is 0 Å². The van der Waals surface area contributed by atoms with Crippen LogP contribution in [0.4, 0.5) is 10.1 Å². The van der Waals surface area contributed by atoms with Crippen LogP contribution >= 0.6 is 0 Å². The average Bonchev–Trinajstić information content (AvgIpc) is 3.02. The number of halogens is 1. The number of carbonyl (C=O) groups excluding carboxylic acids is 1. The molecule has 1 amide bonds. The number of fused-ring (bicyclic) bond motifs is 1. The van der Waals surface area contributed by atoms with Crippen LogP contribution in [0.3, 0.4) is 0 Å². The van der Waals surface area contributed by atoms with Crippen molar-refractivity contribution in [2.45, 2.75) is 13.5 Å². The molecule has 0 aliphatic rings. The first-order chi connectivity index (χ1) is 12.0. The Bertz CT molecular complexity index is 954. The average molecular weight is 342 g/mol. The van der Waals surface area contributed by atoms with Gasteiger partial charge < -0.3 is 4.90 Å². The summed E-state index contributed by atoms with van der Waals surface area (Å²) in [7, 11) is 0. The predicted molar refractivity (Wildman–Crippen MR) is 89.6 cm³/mol. The maximum atomic E-state index is 13.3. The number of carbonyl (C=O) groups is 1. The fourth-order valence-corrected chi connectivity index (χ4v) is 2.61. The zero-order valence-electron chi connectivity index (χ0n) is 13.4. The molecule has 8 heteroatoms. The molecule has 3 rings (SSSR count). The third-order valence-electron chi connectivity index (χ3n) is 3.89. The summed E-state index contributed by atoms with van der Waals surface area (Å²) in [5.41, 5.74) is 1.19. The molecular weight excluding hydrogens is 327 g/mol. The van der Waals surface area contributed by atoms with E-state index in [1.165, 1.54) is 35.2 Å². The van der Waals surface area contributed by atoms with E-state index in [-0.39, 0.29) is 29.7 Å². The molecule has 1 aromatic heterocycles. The Balaban J connectivity index is 1.94. The van der Waals surface area contributed by atoms with Crippen molar-refractivity contribution in [1.82, 2.24) is 15.1 Å². The van der Waals surface area contributed by atoms with Gasteiger partial charge in [0.15, 0.2) is 5.69 Å². The molecule has 1 N–H and O–H groups in total. The highest BCUT2D eigenvalue weighted by atomic mass is 19.1. The van der Waals surface area contributed by atoms with Gasteiger partial charge in [-0.25, -0.2) is 4.39 Å². The highest BCUT2D eigenvalue weighted by molar-refractivity contribution is 6.05. The number of aromatic amines is 1. The van der Waals surface area contributed by atoms with Crippen molar-refractivity contribution in [3.05, 3.63) is 69.7 Å². The van der Waals surface area contributed by atoms with Crippen LogP contribution in [0.5, 0.6) is 0 Å². The van der Waals surface area contributed by atoms with Crippen molar-refractivity contribution < 1.29 is 14.1 Å². The first-order valence-electron chi connectivity index (χ1n) is 7.66. The largest absolute Gasteiger partial charge is 0.333 e. The van der Waals surface area contributed by atoms with Gasteiger partial charge in [-0.05, 0) is 30.7 Å². The number of nitrogens with one attached hydrogen (secondary N) is 1. The van der Waals surface area contributed by atoms with Crippen LogP contribution in [0.1, 0.15) is 23.0 Å². The summed E-state index contributed by atoms with van der Waals surface area (Å²) >= 11 is 0. The van der Waals surface area contributed by atoms with Crippen LogP contribution in [-0.4, -0.2) is 32.5 Å². The maximum absolute atomic E-state index is 13.3. The lowest BCUT2D eigenvalue weighted by Gasteiger charge is -2.20. The van der Waals surface area contributed by atoms with Gasteiger partial charge in [-0.15, -0.1) is 0 Å². The molecule has 3 aromatic rings. The molecule has 7 nitrogen and oxygen atoms in total. The van der Waals surface area contributed by atoms with E-state index in [9.17, 15) is 19.3 Å². The number of rotatable bonds is 5. The fourth-order valence-electron chi connectivity index (χ4n) is 2.61. The van der Waals surface area contributed by atoms with Crippen molar-refractivity contribution >= 4 is 22.5 Å². The second kappa shape index (κ2) is 6.68. The Kier molecular flexibility index (Phi) is 4.42. The summed E-state index contributed by atoms with van der Waals surface area (Å²) in [6.07, 6.45) is 0. The van der Waals surface area contributed by atoms with E-state index in [1.54, 1.807) is 19.1 Å². The molecular formula is C17H15FN4O3. The standard InChI is InChI=1S/C17H15FN4O3/c1-2-21(10-11-4-3-5-12(18)8-11)17(23)16-14-9-13(22(24)25)6-7-15(14)19-20-16/h3-9H,2,10H2,1H3,(H,19,20). The summed E-state index contributed by atoms with van der Waals surface area (Å²) in [6.45, 7) is 2.41. The van der Waals surface area contributed by atoms with E-state index in [1.807, 2.05) is 0 Å². The van der Waals surface area contributed by atoms with Gasteiger partial charge in [-0.3, -0.25) is 20.0 Å². The Hall–Kier alpha value is -3.29. The van der Waals surface area contributed by atoms with E-state index in [0.29, 0.717) is 23.0 Å².